The van der Waals surface area contributed by atoms with Crippen molar-refractivity contribution in [1.29, 1.82) is 0 Å². The van der Waals surface area contributed by atoms with Gasteiger partial charge in [0.1, 0.15) is 5.60 Å². The van der Waals surface area contributed by atoms with Crippen molar-refractivity contribution in [2.24, 2.45) is 0 Å². The summed E-state index contributed by atoms with van der Waals surface area (Å²) in [6, 6.07) is 19.2. The molecule has 0 aromatic heterocycles. The lowest BCUT2D eigenvalue weighted by Gasteiger charge is -2.36. The number of nitrogens with one attached hydrogen (secondary N) is 1. The van der Waals surface area contributed by atoms with E-state index in [4.69, 9.17) is 4.74 Å². The van der Waals surface area contributed by atoms with Crippen LogP contribution < -0.4 is 5.32 Å². The Balaban J connectivity index is 1.79. The molecule has 0 spiro atoms. The molecular weight excluding hydrogens is 294 g/mol. The zero-order valence-corrected chi connectivity index (χ0v) is 14.4. The molecule has 0 saturated heterocycles. The van der Waals surface area contributed by atoms with E-state index in [-0.39, 0.29) is 12.1 Å². The van der Waals surface area contributed by atoms with Gasteiger partial charge in [-0.1, -0.05) is 54.1 Å². The monoisotopic (exact) mass is 317 g/mol. The van der Waals surface area contributed by atoms with Crippen LogP contribution in [-0.2, 0) is 4.74 Å². The van der Waals surface area contributed by atoms with Crippen molar-refractivity contribution in [3.63, 3.8) is 0 Å². The Morgan fingerprint density at radius 2 is 1.67 bits per heavy atom. The van der Waals surface area contributed by atoms with Crippen molar-refractivity contribution in [3.8, 4) is 0 Å². The molecule has 2 bridgehead atoms. The molecule has 0 amide bonds. The molecule has 2 aromatic carbocycles. The zero-order chi connectivity index (χ0) is 16.7. The van der Waals surface area contributed by atoms with Crippen LogP contribution in [0.25, 0.3) is 0 Å². The van der Waals surface area contributed by atoms with Crippen molar-refractivity contribution in [3.05, 3.63) is 89.0 Å². The number of hydrogen-bond acceptors (Lipinski definition) is 2. The summed E-state index contributed by atoms with van der Waals surface area (Å²) in [5, 5.41) is 3.72. The molecule has 2 aromatic rings. The normalized spacial score (nSPS) is 26.0. The number of rotatable bonds is 4. The Kier molecular flexibility index (Phi) is 3.58. The van der Waals surface area contributed by atoms with E-state index in [0.29, 0.717) is 0 Å². The Hall–Kier alpha value is -2.32. The summed E-state index contributed by atoms with van der Waals surface area (Å²) in [5.41, 5.74) is 5.87. The largest absolute Gasteiger partial charge is 0.375 e. The smallest absolute Gasteiger partial charge is 0.133 e. The predicted molar refractivity (Wildman–Crippen MR) is 99.1 cm³/mol. The molecule has 1 N–H and O–H groups in total. The lowest BCUT2D eigenvalue weighted by Crippen LogP contribution is -2.39. The fraction of sp³-hybridized carbons (Fsp3) is 0.273. The van der Waals surface area contributed by atoms with E-state index >= 15 is 0 Å². The summed E-state index contributed by atoms with van der Waals surface area (Å²) in [4.78, 5) is 0. The minimum Gasteiger partial charge on any atom is -0.375 e. The molecule has 2 heteroatoms. The maximum Gasteiger partial charge on any atom is 0.133 e. The molecule has 2 aliphatic heterocycles. The van der Waals surface area contributed by atoms with Gasteiger partial charge in [-0.15, -0.1) is 0 Å². The Labute approximate surface area is 143 Å². The average Bonchev–Trinajstić information content (AvgIpc) is 3.15. The van der Waals surface area contributed by atoms with Crippen LogP contribution in [0.4, 0.5) is 5.69 Å². The Bertz CT molecular complexity index is 804. The van der Waals surface area contributed by atoms with Crippen LogP contribution in [0.5, 0.6) is 0 Å². The molecular formula is C22H23NO. The quantitative estimate of drug-likeness (QED) is 0.783. The SMILES string of the molecule is CC1=C(C)C2([C@@H](Nc3ccccc3)c3ccc(C)cc3)C=C[C@@H]1O2. The van der Waals surface area contributed by atoms with Crippen LogP contribution in [0.15, 0.2) is 77.9 Å². The number of fused-ring (bicyclic) bond motifs is 2. The fourth-order valence-corrected chi connectivity index (χ4v) is 3.77. The summed E-state index contributed by atoms with van der Waals surface area (Å²) in [6.07, 6.45) is 4.55. The van der Waals surface area contributed by atoms with Crippen molar-refractivity contribution < 1.29 is 4.74 Å². The lowest BCUT2D eigenvalue weighted by molar-refractivity contribution is 0.0273. The molecule has 24 heavy (non-hydrogen) atoms. The fourth-order valence-electron chi connectivity index (χ4n) is 3.77. The summed E-state index contributed by atoms with van der Waals surface area (Å²) < 4.78 is 6.46. The van der Waals surface area contributed by atoms with Gasteiger partial charge in [0.05, 0.1) is 12.1 Å². The van der Waals surface area contributed by atoms with Crippen LogP contribution in [0.1, 0.15) is 31.0 Å². The van der Waals surface area contributed by atoms with E-state index < -0.39 is 5.60 Å². The molecule has 122 valence electrons. The molecule has 3 atom stereocenters. The molecule has 0 radical (unpaired) electrons. The highest BCUT2D eigenvalue weighted by molar-refractivity contribution is 5.53. The lowest BCUT2D eigenvalue weighted by atomic mass is 9.79. The van der Waals surface area contributed by atoms with Crippen molar-refractivity contribution in [2.45, 2.75) is 38.5 Å². The van der Waals surface area contributed by atoms with Gasteiger partial charge < -0.3 is 10.1 Å². The second-order valence-electron chi connectivity index (χ2n) is 6.85. The van der Waals surface area contributed by atoms with Gasteiger partial charge >= 0.3 is 0 Å². The number of hydrogen-bond donors (Lipinski definition) is 1. The van der Waals surface area contributed by atoms with Crippen molar-refractivity contribution in [2.75, 3.05) is 5.32 Å². The highest BCUT2D eigenvalue weighted by atomic mass is 16.5. The van der Waals surface area contributed by atoms with Gasteiger partial charge in [0.2, 0.25) is 0 Å². The van der Waals surface area contributed by atoms with Crippen LogP contribution in [-0.4, -0.2) is 11.7 Å². The van der Waals surface area contributed by atoms with Gasteiger partial charge in [-0.3, -0.25) is 0 Å². The number of anilines is 1. The van der Waals surface area contributed by atoms with E-state index in [0.717, 1.165) is 5.69 Å². The minimum absolute atomic E-state index is 0.0409. The number of ether oxygens (including phenoxy) is 1. The van der Waals surface area contributed by atoms with Crippen LogP contribution >= 0.6 is 0 Å². The van der Waals surface area contributed by atoms with E-state index in [9.17, 15) is 0 Å². The first-order valence-electron chi connectivity index (χ1n) is 8.53. The van der Waals surface area contributed by atoms with E-state index in [2.05, 4.69) is 86.8 Å². The molecule has 2 heterocycles. The van der Waals surface area contributed by atoms with Crippen molar-refractivity contribution >= 4 is 5.69 Å². The summed E-state index contributed by atoms with van der Waals surface area (Å²) in [7, 11) is 0. The highest BCUT2D eigenvalue weighted by Gasteiger charge is 2.51. The molecule has 0 saturated carbocycles. The first kappa shape index (κ1) is 15.2. The van der Waals surface area contributed by atoms with Crippen LogP contribution in [0.2, 0.25) is 0 Å². The van der Waals surface area contributed by atoms with E-state index in [1.54, 1.807) is 0 Å². The van der Waals surface area contributed by atoms with Gasteiger partial charge in [-0.05, 0) is 55.7 Å². The number of para-hydroxylation sites is 1. The third-order valence-corrected chi connectivity index (χ3v) is 5.37. The predicted octanol–water partition coefficient (Wildman–Crippen LogP) is 5.19. The third-order valence-electron chi connectivity index (χ3n) is 5.37. The van der Waals surface area contributed by atoms with Gasteiger partial charge in [0, 0.05) is 5.69 Å². The molecule has 0 aliphatic carbocycles. The van der Waals surface area contributed by atoms with Gasteiger partial charge in [-0.25, -0.2) is 0 Å². The van der Waals surface area contributed by atoms with Gasteiger partial charge in [-0.2, -0.15) is 0 Å². The number of aryl methyl sites for hydroxylation is 1. The zero-order valence-electron chi connectivity index (χ0n) is 14.4. The average molecular weight is 317 g/mol. The Morgan fingerprint density at radius 1 is 0.958 bits per heavy atom. The Morgan fingerprint density at radius 3 is 2.29 bits per heavy atom. The molecule has 2 nitrogen and oxygen atoms in total. The first-order chi connectivity index (χ1) is 11.6. The third kappa shape index (κ3) is 2.30. The molecule has 4 rings (SSSR count). The molecule has 0 fully saturated rings. The second-order valence-corrected chi connectivity index (χ2v) is 6.85. The molecule has 1 unspecified atom stereocenters. The summed E-state index contributed by atoms with van der Waals surface area (Å²) >= 11 is 0. The second kappa shape index (κ2) is 5.64. The van der Waals surface area contributed by atoms with Crippen LogP contribution in [0, 0.1) is 6.92 Å². The maximum absolute atomic E-state index is 6.46. The number of benzene rings is 2. The molecule has 2 aliphatic rings. The van der Waals surface area contributed by atoms with Gasteiger partial charge in [0.15, 0.2) is 0 Å². The minimum atomic E-state index is -0.403. The van der Waals surface area contributed by atoms with Crippen LogP contribution in [0.3, 0.4) is 0 Å². The van der Waals surface area contributed by atoms with Gasteiger partial charge in [0.25, 0.3) is 0 Å². The van der Waals surface area contributed by atoms with E-state index in [1.807, 2.05) is 6.07 Å². The summed E-state index contributed by atoms with van der Waals surface area (Å²) in [6.45, 7) is 6.50. The highest BCUT2D eigenvalue weighted by Crippen LogP contribution is 2.50. The standard InChI is InChI=1S/C22H23NO/c1-15-9-11-18(12-10-15)21(23-19-7-5-4-6-8-19)22-14-13-20(24-22)16(2)17(22)3/h4-14,20-21,23H,1-3H3/t20-,21-,22?/m0/s1. The summed E-state index contributed by atoms with van der Waals surface area (Å²) in [5.74, 6) is 0. The van der Waals surface area contributed by atoms with E-state index in [1.165, 1.54) is 22.3 Å². The maximum atomic E-state index is 6.46. The topological polar surface area (TPSA) is 21.3 Å². The van der Waals surface area contributed by atoms with Crippen molar-refractivity contribution in [1.82, 2.24) is 0 Å². The first-order valence-corrected chi connectivity index (χ1v) is 8.53.